The van der Waals surface area contributed by atoms with Gasteiger partial charge in [0.15, 0.2) is 44.5 Å². The van der Waals surface area contributed by atoms with E-state index in [4.69, 9.17) is 5.73 Å². The molecule has 734 valence electrons. The van der Waals surface area contributed by atoms with Gasteiger partial charge in [0.1, 0.15) is 34.8 Å². The molecule has 41 nitrogen and oxygen atoms in total. The number of aliphatic hydroxyl groups excluding tert-OH is 4. The van der Waals surface area contributed by atoms with Gasteiger partial charge in [-0.1, -0.05) is 107 Å². The number of imide groups is 1. The largest absolute Gasteiger partial charge is 0.508 e. The maximum absolute atomic E-state index is 14.8. The standard InChI is InChI=1S/C90H126N10O31S2/c1-8-50(4)82(76(113)37-58(31-55-17-22-62(105)23-18-55)85(124)95-68(30-49(2)3)72(109)35-59(39-80(118)119)84(123)94-51(5)14-12-13-27-91)99-87(126)61(44-101)38-73(110)69(33-56-19-24-63(106)25-20-56)96-86(125)60(40-81(120)121)36-74(111)71(45-102)98-89(128)67(53(7)104)42-75(112)70(32-54-15-10-9-11-16-54)97-88(127)66(52(6)103)41-64(107)43-93-83(122)57(21-26-79(116)117)34-65(108)47-133(130,131)48-77(114)92-28-29-100-78(115)46-132-90(100)129/h9-11,15-20,22-25,49-53,57-61,66-71,82,101-106H,8,12-14,21,26-48,91H2,1-7H3,(H,92,114)(H,93,122)(H,94,123)(H,95,124)(H,96,125)(H,97,127)(H,98,128)(H,99,126)(H,116,117)(H,118,119)(H,120,121)/t50-,51+,52+,53+,57+,58+,59-,60-,61-,66-,67-,68-,69-,70-,71-,82-/m0/s1. The Bertz CT molecular complexity index is 4650. The van der Waals surface area contributed by atoms with E-state index in [0.717, 1.165) is 30.5 Å². The summed E-state index contributed by atoms with van der Waals surface area (Å²) in [4.78, 5) is 272. The van der Waals surface area contributed by atoms with Crippen LogP contribution in [0.4, 0.5) is 4.79 Å². The van der Waals surface area contributed by atoms with Crippen LogP contribution in [0.15, 0.2) is 78.9 Å². The van der Waals surface area contributed by atoms with Crippen molar-refractivity contribution in [1.29, 1.82) is 0 Å². The first kappa shape index (κ1) is 114. The highest BCUT2D eigenvalue weighted by molar-refractivity contribution is 8.14. The molecule has 1 heterocycles. The Morgan fingerprint density at radius 1 is 0.466 bits per heavy atom. The van der Waals surface area contributed by atoms with Gasteiger partial charge in [-0.3, -0.25) is 101 Å². The lowest BCUT2D eigenvalue weighted by Crippen LogP contribution is -2.52. The van der Waals surface area contributed by atoms with Crippen molar-refractivity contribution in [2.75, 3.05) is 56.7 Å². The van der Waals surface area contributed by atoms with E-state index < -0.39 is 331 Å². The van der Waals surface area contributed by atoms with Crippen molar-refractivity contribution in [2.45, 2.75) is 219 Å². The molecule has 0 spiro atoms. The smallest absolute Gasteiger partial charge is 0.304 e. The second-order valence-electron chi connectivity index (χ2n) is 34.1. The van der Waals surface area contributed by atoms with Crippen LogP contribution in [-0.2, 0) is 120 Å². The fourth-order valence-corrected chi connectivity index (χ4v) is 16.6. The predicted molar refractivity (Wildman–Crippen MR) is 478 cm³/mol. The number of ketones is 7. The van der Waals surface area contributed by atoms with Crippen molar-refractivity contribution in [3.05, 3.63) is 95.6 Å². The van der Waals surface area contributed by atoms with E-state index in [1.807, 2.05) is 0 Å². The SMILES string of the molecule is CC[C@H](C)[C@H](NC(=O)[C@H](CO)CC(=O)[C@H](Cc1ccc(O)cc1)NC(=O)[C@H](CC(=O)O)CC(=O)[C@H](CO)NC(=O)[C@@H](CC(=O)[C@H](Cc1ccccc1)NC(=O)[C@@H](CC(=O)CNC(=O)[C@H](CCC(=O)O)CC(=O)CS(=O)(=O)CC(=O)NCCN1C(=O)CSC1=O)[C@@H](C)O)[C@@H](C)O)C(=O)C[C@@H](Cc1ccc(O)cc1)C(=O)N[C@@H](CC(C)C)C(=O)C[C@@H](CC(=O)O)C(=O)N[C@H](C)CCCCN. The number of aliphatic hydroxyl groups is 4. The summed E-state index contributed by atoms with van der Waals surface area (Å²) >= 11 is 0.735. The molecule has 4 rings (SSSR count). The zero-order chi connectivity index (χ0) is 99.7. The molecule has 1 aliphatic heterocycles. The van der Waals surface area contributed by atoms with Crippen molar-refractivity contribution in [3.8, 4) is 11.5 Å². The lowest BCUT2D eigenvalue weighted by atomic mass is 9.85. The first-order valence-electron chi connectivity index (χ1n) is 43.8. The maximum Gasteiger partial charge on any atom is 0.304 e. The molecule has 16 atom stereocenters. The zero-order valence-corrected chi connectivity index (χ0v) is 77.1. The number of benzene rings is 3. The molecule has 0 bridgehead atoms. The van der Waals surface area contributed by atoms with E-state index in [1.54, 1.807) is 65.0 Å². The van der Waals surface area contributed by atoms with E-state index in [0.29, 0.717) is 36.9 Å². The van der Waals surface area contributed by atoms with E-state index in [9.17, 15) is 150 Å². The van der Waals surface area contributed by atoms with Crippen LogP contribution in [0.2, 0.25) is 0 Å². The van der Waals surface area contributed by atoms with Crippen LogP contribution in [-0.4, -0.2) is 281 Å². The lowest BCUT2D eigenvalue weighted by molar-refractivity contribution is -0.143. The van der Waals surface area contributed by atoms with Crippen molar-refractivity contribution in [2.24, 2.45) is 59.0 Å². The first-order valence-corrected chi connectivity index (χ1v) is 46.6. The molecule has 10 amide bonds. The van der Waals surface area contributed by atoms with Gasteiger partial charge in [-0.2, -0.15) is 0 Å². The van der Waals surface area contributed by atoms with Gasteiger partial charge in [0, 0.05) is 82.3 Å². The van der Waals surface area contributed by atoms with Crippen LogP contribution in [0.5, 0.6) is 11.5 Å². The van der Waals surface area contributed by atoms with Gasteiger partial charge in [-0.05, 0) is 125 Å². The number of sulfone groups is 1. The Balaban J connectivity index is 1.54. The average Bonchev–Trinajstić information content (AvgIpc) is 1.29. The summed E-state index contributed by atoms with van der Waals surface area (Å²) in [5.41, 5.74) is 6.70. The fraction of sp³-hybridized carbons (Fsp3) is 0.578. The van der Waals surface area contributed by atoms with Crippen molar-refractivity contribution in [3.63, 3.8) is 0 Å². The number of hydrogen-bond donors (Lipinski definition) is 18. The number of nitrogens with two attached hydrogens (primary N) is 1. The number of carboxylic acid groups (broad SMARTS) is 3. The molecule has 0 aliphatic carbocycles. The number of nitrogens with zero attached hydrogens (tertiary/aromatic N) is 1. The van der Waals surface area contributed by atoms with E-state index in [2.05, 4.69) is 42.5 Å². The Kier molecular flexibility index (Phi) is 48.8. The van der Waals surface area contributed by atoms with E-state index in [-0.39, 0.29) is 67.5 Å². The average molecular weight is 1910 g/mol. The summed E-state index contributed by atoms with van der Waals surface area (Å²) in [5, 5.41) is 112. The molecular weight excluding hydrogens is 1780 g/mol. The predicted octanol–water partition coefficient (Wildman–Crippen LogP) is 0.206. The molecule has 43 heteroatoms. The van der Waals surface area contributed by atoms with E-state index in [1.165, 1.54) is 48.5 Å². The summed E-state index contributed by atoms with van der Waals surface area (Å²) in [6.45, 7) is 7.27. The number of carbonyl (C=O) groups is 20. The molecule has 1 fully saturated rings. The topological polar surface area (TPSA) is 683 Å². The Labute approximate surface area is 773 Å². The molecule has 0 aromatic heterocycles. The molecule has 133 heavy (non-hydrogen) atoms. The third-order valence-corrected chi connectivity index (χ3v) is 24.7. The van der Waals surface area contributed by atoms with Crippen LogP contribution in [0.1, 0.15) is 168 Å². The molecule has 0 unspecified atom stereocenters. The zero-order valence-electron chi connectivity index (χ0n) is 75.5. The Hall–Kier alpha value is -11.6. The normalized spacial score (nSPS) is 15.7. The van der Waals surface area contributed by atoms with Crippen molar-refractivity contribution in [1.82, 2.24) is 47.4 Å². The van der Waals surface area contributed by atoms with Crippen LogP contribution in [0.3, 0.4) is 0 Å². The van der Waals surface area contributed by atoms with Gasteiger partial charge in [-0.25, -0.2) is 8.42 Å². The van der Waals surface area contributed by atoms with Gasteiger partial charge < -0.3 is 94.2 Å². The minimum absolute atomic E-state index is 0.0166. The number of carbonyl (C=O) groups excluding carboxylic acids is 17. The molecule has 3 aromatic rings. The third-order valence-electron chi connectivity index (χ3n) is 22.4. The number of nitrogens with one attached hydrogen (secondary N) is 8. The number of rotatable bonds is 66. The minimum Gasteiger partial charge on any atom is -0.508 e. The van der Waals surface area contributed by atoms with Crippen molar-refractivity contribution < 1.29 is 150 Å². The summed E-state index contributed by atoms with van der Waals surface area (Å²) in [6.07, 6.45) is -11.4. The number of phenols is 2. The quantitative estimate of drug-likeness (QED) is 0.0336. The number of thioether (sulfide) groups is 1. The maximum atomic E-state index is 14.8. The molecule has 0 saturated carbocycles. The first-order chi connectivity index (χ1) is 62.6. The fourth-order valence-electron chi connectivity index (χ4n) is 14.6. The van der Waals surface area contributed by atoms with Gasteiger partial charge in [-0.15, -0.1) is 0 Å². The monoisotopic (exact) mass is 1910 g/mol. The molecule has 19 N–H and O–H groups in total. The molecule has 0 radical (unpaired) electrons. The summed E-state index contributed by atoms with van der Waals surface area (Å²) in [5.74, 6) is -35.6. The number of aliphatic carboxylic acids is 3. The number of hydrogen-bond acceptors (Lipinski definition) is 30. The number of Topliss-reactive ketones (excluding diaryl/α,β-unsaturated/α-hetero) is 7. The molecule has 3 aromatic carbocycles. The second kappa shape index (κ2) is 57.1. The highest BCUT2D eigenvalue weighted by Crippen LogP contribution is 2.27. The van der Waals surface area contributed by atoms with Crippen LogP contribution in [0, 0.1) is 53.3 Å². The minimum atomic E-state index is -4.52. The third kappa shape index (κ3) is 41.2. The van der Waals surface area contributed by atoms with Crippen molar-refractivity contribution >= 4 is 138 Å². The second-order valence-corrected chi connectivity index (χ2v) is 37.1. The van der Waals surface area contributed by atoms with Gasteiger partial charge in [0.2, 0.25) is 53.2 Å². The van der Waals surface area contributed by atoms with Crippen LogP contribution < -0.4 is 48.3 Å². The molecule has 1 aliphatic rings. The number of unbranched alkanes of at least 4 members (excludes halogenated alkanes) is 1. The highest BCUT2D eigenvalue weighted by atomic mass is 32.2. The van der Waals surface area contributed by atoms with Crippen LogP contribution in [0.25, 0.3) is 0 Å². The van der Waals surface area contributed by atoms with Gasteiger partial charge >= 0.3 is 17.9 Å². The molecular formula is C90H126N10O31S2. The molecule has 1 saturated heterocycles. The summed E-state index contributed by atoms with van der Waals surface area (Å²) in [7, 11) is -4.52. The lowest BCUT2D eigenvalue weighted by Gasteiger charge is -2.28. The van der Waals surface area contributed by atoms with Gasteiger partial charge in [0.25, 0.3) is 5.24 Å². The Morgan fingerprint density at radius 3 is 1.44 bits per heavy atom. The van der Waals surface area contributed by atoms with E-state index >= 15 is 0 Å². The Morgan fingerprint density at radius 2 is 0.940 bits per heavy atom. The number of amides is 10. The summed E-state index contributed by atoms with van der Waals surface area (Å²) in [6, 6.07) is 10.0. The number of aromatic hydroxyl groups is 2. The number of carboxylic acids is 3. The van der Waals surface area contributed by atoms with Gasteiger partial charge in [0.05, 0.1) is 104 Å². The van der Waals surface area contributed by atoms with Crippen LogP contribution >= 0.6 is 11.8 Å². The summed E-state index contributed by atoms with van der Waals surface area (Å²) < 4.78 is 25.7. The highest BCUT2D eigenvalue weighted by Gasteiger charge is 2.42. The number of phenolic OH excluding ortho intramolecular Hbond substituents is 2.